The maximum atomic E-state index is 6.08. The number of anilines is 1. The van der Waals surface area contributed by atoms with Gasteiger partial charge < -0.3 is 9.80 Å². The number of halogens is 1. The standard InChI is InChI=1S/C17H28ClN3/c1-17(2,3)15-9-13(11-18)10-16(19-15)21-8-6-7-14(12-21)20(4)5/h9-10,14H,6-8,11-12H2,1-5H3. The molecule has 4 heteroatoms. The van der Waals surface area contributed by atoms with E-state index in [-0.39, 0.29) is 5.41 Å². The SMILES string of the molecule is CN(C)C1CCCN(c2cc(CCl)cc(C(C)(C)C)n2)C1. The molecule has 0 aromatic carbocycles. The number of rotatable bonds is 3. The van der Waals surface area contributed by atoms with Gasteiger partial charge in [-0.2, -0.15) is 0 Å². The van der Waals surface area contributed by atoms with E-state index in [1.54, 1.807) is 0 Å². The summed E-state index contributed by atoms with van der Waals surface area (Å²) in [6.07, 6.45) is 2.49. The molecule has 118 valence electrons. The topological polar surface area (TPSA) is 19.4 Å². The fraction of sp³-hybridized carbons (Fsp3) is 0.706. The second kappa shape index (κ2) is 6.53. The molecule has 0 spiro atoms. The van der Waals surface area contributed by atoms with Crippen LogP contribution in [0, 0.1) is 0 Å². The van der Waals surface area contributed by atoms with Crippen LogP contribution in [0.4, 0.5) is 5.82 Å². The van der Waals surface area contributed by atoms with Gasteiger partial charge in [0.05, 0.1) is 0 Å². The molecule has 1 aliphatic heterocycles. The second-order valence-corrected chi connectivity index (χ2v) is 7.58. The summed E-state index contributed by atoms with van der Waals surface area (Å²) < 4.78 is 0. The largest absolute Gasteiger partial charge is 0.355 e. The highest BCUT2D eigenvalue weighted by molar-refractivity contribution is 6.17. The fourth-order valence-electron chi connectivity index (χ4n) is 2.78. The lowest BCUT2D eigenvalue weighted by atomic mass is 9.91. The van der Waals surface area contributed by atoms with E-state index in [0.29, 0.717) is 11.9 Å². The van der Waals surface area contributed by atoms with Crippen LogP contribution in [0.5, 0.6) is 0 Å². The third-order valence-electron chi connectivity index (χ3n) is 4.25. The Kier molecular flexibility index (Phi) is 5.15. The van der Waals surface area contributed by atoms with Crippen LogP contribution in [-0.4, -0.2) is 43.1 Å². The molecule has 1 aliphatic rings. The molecular weight excluding hydrogens is 282 g/mol. The molecule has 0 saturated carbocycles. The zero-order valence-electron chi connectivity index (χ0n) is 14.0. The number of piperidine rings is 1. The number of hydrogen-bond acceptors (Lipinski definition) is 3. The zero-order valence-corrected chi connectivity index (χ0v) is 14.7. The van der Waals surface area contributed by atoms with Crippen LogP contribution >= 0.6 is 11.6 Å². The van der Waals surface area contributed by atoms with E-state index in [0.717, 1.165) is 24.6 Å². The maximum Gasteiger partial charge on any atom is 0.129 e. The van der Waals surface area contributed by atoms with Crippen molar-refractivity contribution >= 4 is 17.4 Å². The van der Waals surface area contributed by atoms with Crippen LogP contribution in [0.2, 0.25) is 0 Å². The van der Waals surface area contributed by atoms with E-state index in [4.69, 9.17) is 16.6 Å². The second-order valence-electron chi connectivity index (χ2n) is 7.31. The minimum absolute atomic E-state index is 0.0492. The maximum absolute atomic E-state index is 6.08. The Labute approximate surface area is 134 Å². The third-order valence-corrected chi connectivity index (χ3v) is 4.55. The quantitative estimate of drug-likeness (QED) is 0.795. The predicted octanol–water partition coefficient (Wildman–Crippen LogP) is 3.65. The minimum Gasteiger partial charge on any atom is -0.355 e. The van der Waals surface area contributed by atoms with Gasteiger partial charge in [-0.05, 0) is 44.6 Å². The van der Waals surface area contributed by atoms with Gasteiger partial charge >= 0.3 is 0 Å². The normalized spacial score (nSPS) is 20.1. The number of hydrogen-bond donors (Lipinski definition) is 0. The summed E-state index contributed by atoms with van der Waals surface area (Å²) in [5.74, 6) is 1.63. The van der Waals surface area contributed by atoms with Crippen LogP contribution in [-0.2, 0) is 11.3 Å². The van der Waals surface area contributed by atoms with Crippen LogP contribution in [0.3, 0.4) is 0 Å². The monoisotopic (exact) mass is 309 g/mol. The summed E-state index contributed by atoms with van der Waals surface area (Å²) in [6.45, 7) is 8.75. The van der Waals surface area contributed by atoms with Crippen molar-refractivity contribution in [3.05, 3.63) is 23.4 Å². The molecule has 21 heavy (non-hydrogen) atoms. The summed E-state index contributed by atoms with van der Waals surface area (Å²) in [6, 6.07) is 4.91. The molecule has 0 radical (unpaired) electrons. The predicted molar refractivity (Wildman–Crippen MR) is 91.4 cm³/mol. The van der Waals surface area contributed by atoms with Crippen molar-refractivity contribution in [2.45, 2.75) is 50.9 Å². The molecule has 3 nitrogen and oxygen atoms in total. The average molecular weight is 310 g/mol. The minimum atomic E-state index is 0.0492. The lowest BCUT2D eigenvalue weighted by Gasteiger charge is -2.37. The summed E-state index contributed by atoms with van der Waals surface area (Å²) in [5, 5.41) is 0. The Balaban J connectivity index is 2.30. The highest BCUT2D eigenvalue weighted by atomic mass is 35.5. The van der Waals surface area contributed by atoms with Crippen molar-refractivity contribution in [3.63, 3.8) is 0 Å². The van der Waals surface area contributed by atoms with Gasteiger partial charge in [0.25, 0.3) is 0 Å². The van der Waals surface area contributed by atoms with Gasteiger partial charge in [-0.15, -0.1) is 11.6 Å². The Hall–Kier alpha value is -0.800. The van der Waals surface area contributed by atoms with Gasteiger partial charge in [0.1, 0.15) is 5.82 Å². The van der Waals surface area contributed by atoms with Crippen molar-refractivity contribution < 1.29 is 0 Å². The lowest BCUT2D eigenvalue weighted by molar-refractivity contribution is 0.257. The molecule has 1 fully saturated rings. The Morgan fingerprint density at radius 3 is 2.62 bits per heavy atom. The molecule has 1 aromatic rings. The van der Waals surface area contributed by atoms with Crippen molar-refractivity contribution in [1.82, 2.24) is 9.88 Å². The van der Waals surface area contributed by atoms with Crippen LogP contribution < -0.4 is 4.90 Å². The molecule has 1 unspecified atom stereocenters. The average Bonchev–Trinajstić information content (AvgIpc) is 2.46. The number of nitrogens with zero attached hydrogens (tertiary/aromatic N) is 3. The first-order valence-corrected chi connectivity index (χ1v) is 8.33. The number of likely N-dealkylation sites (N-methyl/N-ethyl adjacent to an activating group) is 1. The smallest absolute Gasteiger partial charge is 0.129 e. The zero-order chi connectivity index (χ0) is 15.6. The Morgan fingerprint density at radius 2 is 2.05 bits per heavy atom. The molecular formula is C17H28ClN3. The lowest BCUT2D eigenvalue weighted by Crippen LogP contribution is -2.45. The van der Waals surface area contributed by atoms with E-state index >= 15 is 0 Å². The van der Waals surface area contributed by atoms with Crippen molar-refractivity contribution in [2.75, 3.05) is 32.1 Å². The molecule has 1 saturated heterocycles. The van der Waals surface area contributed by atoms with E-state index < -0.39 is 0 Å². The molecule has 2 heterocycles. The summed E-state index contributed by atoms with van der Waals surface area (Å²) in [7, 11) is 4.33. The molecule has 0 N–H and O–H groups in total. The molecule has 2 rings (SSSR count). The first kappa shape index (κ1) is 16.6. The van der Waals surface area contributed by atoms with Gasteiger partial charge in [-0.3, -0.25) is 0 Å². The van der Waals surface area contributed by atoms with Crippen LogP contribution in [0.15, 0.2) is 12.1 Å². The van der Waals surface area contributed by atoms with Gasteiger partial charge in [-0.25, -0.2) is 4.98 Å². The molecule has 0 amide bonds. The van der Waals surface area contributed by atoms with Crippen molar-refractivity contribution in [2.24, 2.45) is 0 Å². The summed E-state index contributed by atoms with van der Waals surface area (Å²) in [4.78, 5) is 9.66. The van der Waals surface area contributed by atoms with Gasteiger partial charge in [0.2, 0.25) is 0 Å². The highest BCUT2D eigenvalue weighted by Crippen LogP contribution is 2.27. The first-order chi connectivity index (χ1) is 9.81. The van der Waals surface area contributed by atoms with Gasteiger partial charge in [0.15, 0.2) is 0 Å². The summed E-state index contributed by atoms with van der Waals surface area (Å²) >= 11 is 6.08. The number of aromatic nitrogens is 1. The molecule has 1 atom stereocenters. The molecule has 1 aromatic heterocycles. The molecule has 0 aliphatic carbocycles. The van der Waals surface area contributed by atoms with Crippen LogP contribution in [0.25, 0.3) is 0 Å². The molecule has 0 bridgehead atoms. The third kappa shape index (κ3) is 4.10. The first-order valence-electron chi connectivity index (χ1n) is 7.80. The van der Waals surface area contributed by atoms with Crippen molar-refractivity contribution in [3.8, 4) is 0 Å². The number of pyridine rings is 1. The van der Waals surface area contributed by atoms with E-state index in [1.165, 1.54) is 18.4 Å². The van der Waals surface area contributed by atoms with E-state index in [2.05, 4.69) is 56.8 Å². The Bertz CT molecular complexity index is 479. The van der Waals surface area contributed by atoms with E-state index in [1.807, 2.05) is 0 Å². The number of alkyl halides is 1. The van der Waals surface area contributed by atoms with E-state index in [9.17, 15) is 0 Å². The van der Waals surface area contributed by atoms with Crippen LogP contribution in [0.1, 0.15) is 44.9 Å². The fourth-order valence-corrected chi connectivity index (χ4v) is 2.93. The van der Waals surface area contributed by atoms with Crippen molar-refractivity contribution in [1.29, 1.82) is 0 Å². The Morgan fingerprint density at radius 1 is 1.33 bits per heavy atom. The van der Waals surface area contributed by atoms with Gasteiger partial charge in [-0.1, -0.05) is 20.8 Å². The highest BCUT2D eigenvalue weighted by Gasteiger charge is 2.24. The van der Waals surface area contributed by atoms with Gasteiger partial charge in [0, 0.05) is 36.1 Å². The summed E-state index contributed by atoms with van der Waals surface area (Å²) in [5.41, 5.74) is 2.34.